The molecule has 2 heterocycles. The van der Waals surface area contributed by atoms with Crippen LogP contribution in [0.5, 0.6) is 0 Å². The molecule has 2 aliphatic rings. The van der Waals surface area contributed by atoms with E-state index in [0.717, 1.165) is 31.6 Å². The summed E-state index contributed by atoms with van der Waals surface area (Å²) in [6.07, 6.45) is 6.63. The smallest absolute Gasteiger partial charge is 0.223 e. The Morgan fingerprint density at radius 1 is 1.40 bits per heavy atom. The minimum Gasteiger partial charge on any atom is -0.376 e. The number of fused-ring (bicyclic) bond motifs is 1. The van der Waals surface area contributed by atoms with E-state index < -0.39 is 0 Å². The molecule has 0 spiro atoms. The molecule has 1 N–H and O–H groups in total. The highest BCUT2D eigenvalue weighted by molar-refractivity contribution is 5.78. The van der Waals surface area contributed by atoms with Crippen LogP contribution in [0.2, 0.25) is 0 Å². The van der Waals surface area contributed by atoms with Crippen LogP contribution < -0.4 is 5.32 Å². The van der Waals surface area contributed by atoms with Gasteiger partial charge in [0.05, 0.1) is 25.5 Å². The van der Waals surface area contributed by atoms with Gasteiger partial charge < -0.3 is 10.1 Å². The van der Waals surface area contributed by atoms with Crippen LogP contribution in [-0.2, 0) is 36.2 Å². The Labute approximate surface area is 119 Å². The number of hydrogen-bond acceptors (Lipinski definition) is 3. The third-order valence-electron chi connectivity index (χ3n) is 4.49. The number of carbonyl (C=O) groups excluding carboxylic acids is 1. The third kappa shape index (κ3) is 2.73. The zero-order valence-electron chi connectivity index (χ0n) is 12.2. The second-order valence-electron chi connectivity index (χ2n) is 5.85. The van der Waals surface area contributed by atoms with Gasteiger partial charge in [0.1, 0.15) is 0 Å². The number of aromatic nitrogens is 2. The highest BCUT2D eigenvalue weighted by Crippen LogP contribution is 2.24. The molecule has 1 saturated carbocycles. The lowest BCUT2D eigenvalue weighted by atomic mass is 9.88. The van der Waals surface area contributed by atoms with Crippen molar-refractivity contribution in [2.75, 3.05) is 6.61 Å². The lowest BCUT2D eigenvalue weighted by molar-refractivity contribution is -0.126. The van der Waals surface area contributed by atoms with Gasteiger partial charge >= 0.3 is 0 Å². The number of amides is 1. The molecule has 1 aromatic rings. The predicted octanol–water partition coefficient (Wildman–Crippen LogP) is 1.69. The molecule has 0 aromatic carbocycles. The first-order valence-corrected chi connectivity index (χ1v) is 7.65. The Hall–Kier alpha value is -1.36. The van der Waals surface area contributed by atoms with E-state index in [4.69, 9.17) is 4.74 Å². The minimum atomic E-state index is 0.195. The fourth-order valence-corrected chi connectivity index (χ4v) is 3.31. The lowest BCUT2D eigenvalue weighted by Crippen LogP contribution is -2.32. The average molecular weight is 277 g/mol. The van der Waals surface area contributed by atoms with Crippen LogP contribution in [0.15, 0.2) is 0 Å². The first-order chi connectivity index (χ1) is 9.75. The van der Waals surface area contributed by atoms with Gasteiger partial charge in [0, 0.05) is 30.6 Å². The topological polar surface area (TPSA) is 56.2 Å². The summed E-state index contributed by atoms with van der Waals surface area (Å²) in [5.74, 6) is 0.403. The van der Waals surface area contributed by atoms with Gasteiger partial charge in [-0.1, -0.05) is 19.3 Å². The maximum atomic E-state index is 12.2. The fraction of sp³-hybridized carbons (Fsp3) is 0.733. The van der Waals surface area contributed by atoms with Crippen molar-refractivity contribution in [3.8, 4) is 0 Å². The van der Waals surface area contributed by atoms with E-state index in [9.17, 15) is 4.79 Å². The predicted molar refractivity (Wildman–Crippen MR) is 75.0 cm³/mol. The molecule has 5 heteroatoms. The van der Waals surface area contributed by atoms with Crippen molar-refractivity contribution in [2.24, 2.45) is 13.0 Å². The van der Waals surface area contributed by atoms with E-state index in [1.807, 2.05) is 11.7 Å². The average Bonchev–Trinajstić information content (AvgIpc) is 2.83. The Bertz CT molecular complexity index is 490. The van der Waals surface area contributed by atoms with Crippen LogP contribution in [0.3, 0.4) is 0 Å². The van der Waals surface area contributed by atoms with Crippen molar-refractivity contribution in [1.82, 2.24) is 15.1 Å². The lowest BCUT2D eigenvalue weighted by Gasteiger charge is -2.20. The van der Waals surface area contributed by atoms with E-state index in [1.165, 1.54) is 30.5 Å². The summed E-state index contributed by atoms with van der Waals surface area (Å²) >= 11 is 0. The van der Waals surface area contributed by atoms with Gasteiger partial charge in [0.25, 0.3) is 0 Å². The summed E-state index contributed by atoms with van der Waals surface area (Å²) in [6.45, 7) is 1.92. The van der Waals surface area contributed by atoms with Crippen LogP contribution >= 0.6 is 0 Å². The summed E-state index contributed by atoms with van der Waals surface area (Å²) in [4.78, 5) is 12.2. The number of carbonyl (C=O) groups is 1. The van der Waals surface area contributed by atoms with Crippen LogP contribution in [-0.4, -0.2) is 22.3 Å². The molecule has 0 atom stereocenters. The zero-order valence-corrected chi connectivity index (χ0v) is 12.2. The normalized spacial score (nSPS) is 19.6. The molecule has 0 unspecified atom stereocenters. The van der Waals surface area contributed by atoms with Crippen LogP contribution in [0.1, 0.15) is 49.1 Å². The second kappa shape index (κ2) is 5.95. The molecule has 5 nitrogen and oxygen atoms in total. The van der Waals surface area contributed by atoms with Gasteiger partial charge in [0.2, 0.25) is 5.91 Å². The van der Waals surface area contributed by atoms with Crippen LogP contribution in [0.25, 0.3) is 0 Å². The summed E-state index contributed by atoms with van der Waals surface area (Å²) in [7, 11) is 1.97. The van der Waals surface area contributed by atoms with E-state index in [0.29, 0.717) is 13.2 Å². The van der Waals surface area contributed by atoms with Gasteiger partial charge in [-0.05, 0) is 12.8 Å². The van der Waals surface area contributed by atoms with E-state index in [-0.39, 0.29) is 11.8 Å². The molecular formula is C15H23N3O2. The third-order valence-corrected chi connectivity index (χ3v) is 4.49. The molecule has 20 heavy (non-hydrogen) atoms. The van der Waals surface area contributed by atoms with E-state index in [2.05, 4.69) is 10.4 Å². The van der Waals surface area contributed by atoms with Crippen molar-refractivity contribution in [3.05, 3.63) is 17.0 Å². The summed E-state index contributed by atoms with van der Waals surface area (Å²) in [6, 6.07) is 0. The molecule has 0 radical (unpaired) electrons. The Morgan fingerprint density at radius 3 is 3.00 bits per heavy atom. The number of aryl methyl sites for hydroxylation is 1. The van der Waals surface area contributed by atoms with Gasteiger partial charge in [-0.3, -0.25) is 9.48 Å². The fourth-order valence-electron chi connectivity index (χ4n) is 3.31. The number of hydrogen-bond donors (Lipinski definition) is 1. The largest absolute Gasteiger partial charge is 0.376 e. The molecule has 1 aromatic heterocycles. The molecule has 1 fully saturated rings. The van der Waals surface area contributed by atoms with Crippen LogP contribution in [0, 0.1) is 5.92 Å². The highest BCUT2D eigenvalue weighted by atomic mass is 16.5. The number of ether oxygens (including phenoxy) is 1. The molecule has 0 saturated heterocycles. The molecule has 0 bridgehead atoms. The van der Waals surface area contributed by atoms with Crippen molar-refractivity contribution < 1.29 is 9.53 Å². The highest BCUT2D eigenvalue weighted by Gasteiger charge is 2.23. The quantitative estimate of drug-likeness (QED) is 0.914. The molecular weight excluding hydrogens is 254 g/mol. The van der Waals surface area contributed by atoms with Gasteiger partial charge in [-0.25, -0.2) is 0 Å². The van der Waals surface area contributed by atoms with Gasteiger partial charge in [-0.2, -0.15) is 5.10 Å². The Morgan fingerprint density at radius 2 is 2.20 bits per heavy atom. The first-order valence-electron chi connectivity index (χ1n) is 7.65. The Kier molecular flexibility index (Phi) is 4.05. The molecule has 3 rings (SSSR count). The molecule has 1 aliphatic heterocycles. The van der Waals surface area contributed by atoms with E-state index >= 15 is 0 Å². The summed E-state index contributed by atoms with van der Waals surface area (Å²) < 4.78 is 7.44. The van der Waals surface area contributed by atoms with Crippen LogP contribution in [0.4, 0.5) is 0 Å². The minimum absolute atomic E-state index is 0.195. The monoisotopic (exact) mass is 277 g/mol. The van der Waals surface area contributed by atoms with E-state index in [1.54, 1.807) is 0 Å². The van der Waals surface area contributed by atoms with Gasteiger partial charge in [0.15, 0.2) is 0 Å². The molecule has 110 valence electrons. The number of rotatable bonds is 3. The second-order valence-corrected chi connectivity index (χ2v) is 5.85. The number of nitrogens with zero attached hydrogens (tertiary/aromatic N) is 2. The maximum Gasteiger partial charge on any atom is 0.223 e. The maximum absolute atomic E-state index is 12.2. The SMILES string of the molecule is Cn1nc(CNC(=O)C2CCCCC2)c2c1CCOC2. The Balaban J connectivity index is 1.62. The zero-order chi connectivity index (χ0) is 13.9. The van der Waals surface area contributed by atoms with Gasteiger partial charge in [-0.15, -0.1) is 0 Å². The van der Waals surface area contributed by atoms with Crippen molar-refractivity contribution in [3.63, 3.8) is 0 Å². The molecule has 1 amide bonds. The number of nitrogens with one attached hydrogen (secondary N) is 1. The van der Waals surface area contributed by atoms with Crippen molar-refractivity contribution in [1.29, 1.82) is 0 Å². The standard InChI is InChI=1S/C15H23N3O2/c1-18-14-7-8-20-10-12(14)13(17-18)9-16-15(19)11-5-3-2-4-6-11/h11H,2-10H2,1H3,(H,16,19). The first kappa shape index (κ1) is 13.6. The molecule has 1 aliphatic carbocycles. The summed E-state index contributed by atoms with van der Waals surface area (Å²) in [5.41, 5.74) is 3.38. The van der Waals surface area contributed by atoms with Crippen molar-refractivity contribution in [2.45, 2.75) is 51.7 Å². The van der Waals surface area contributed by atoms with Crippen molar-refractivity contribution >= 4 is 5.91 Å². The summed E-state index contributed by atoms with van der Waals surface area (Å²) in [5, 5.41) is 7.59.